The van der Waals surface area contributed by atoms with Crippen LogP contribution in [-0.2, 0) is 12.0 Å². The molecule has 0 radical (unpaired) electrons. The van der Waals surface area contributed by atoms with Crippen molar-refractivity contribution in [2.75, 3.05) is 0 Å². The summed E-state index contributed by atoms with van der Waals surface area (Å²) in [6.45, 7) is 33.1. The van der Waals surface area contributed by atoms with Crippen molar-refractivity contribution in [1.29, 1.82) is 5.41 Å². The summed E-state index contributed by atoms with van der Waals surface area (Å²) >= 11 is 1.88. The summed E-state index contributed by atoms with van der Waals surface area (Å²) in [6, 6.07) is 43.2. The van der Waals surface area contributed by atoms with Crippen LogP contribution in [-0.4, -0.2) is 12.6 Å². The molecule has 10 rings (SSSR count). The van der Waals surface area contributed by atoms with Crippen molar-refractivity contribution in [2.45, 2.75) is 101 Å². The number of nitrogen functional groups attached to an aromatic ring is 1. The van der Waals surface area contributed by atoms with Crippen LogP contribution < -0.4 is 15.2 Å². The van der Waals surface area contributed by atoms with Crippen LogP contribution in [0.2, 0.25) is 0 Å². The van der Waals surface area contributed by atoms with E-state index in [1.165, 1.54) is 42.4 Å². The lowest BCUT2D eigenvalue weighted by atomic mass is 9.74. The highest BCUT2D eigenvalue weighted by molar-refractivity contribution is 7.25. The van der Waals surface area contributed by atoms with Gasteiger partial charge in [-0.2, -0.15) is 0 Å². The van der Waals surface area contributed by atoms with Gasteiger partial charge in [0.05, 0.1) is 6.54 Å². The molecule has 0 spiro atoms. The summed E-state index contributed by atoms with van der Waals surface area (Å²) in [7, 11) is 0. The zero-order valence-corrected chi connectivity index (χ0v) is 45.2. The van der Waals surface area contributed by atoms with Gasteiger partial charge in [0.25, 0.3) is 0 Å². The molecule has 0 saturated heterocycles. The second-order valence-corrected chi connectivity index (χ2v) is 20.2. The molecule has 1 aliphatic heterocycles. The number of nitrogens with two attached hydrogens (primary N) is 1. The molecule has 0 fully saturated rings. The fraction of sp³-hybridized carbons (Fsp3) is 0.262. The van der Waals surface area contributed by atoms with Crippen LogP contribution in [0.1, 0.15) is 110 Å². The molecule has 2 aliphatic carbocycles. The summed E-state index contributed by atoms with van der Waals surface area (Å²) in [5.41, 5.74) is 14.0. The number of hydrogen-bond acceptors (Lipinski definition) is 5. The molecule has 2 unspecified atom stereocenters. The molecule has 6 heteroatoms. The van der Waals surface area contributed by atoms with Gasteiger partial charge in [-0.3, -0.25) is 10.4 Å². The van der Waals surface area contributed by atoms with Gasteiger partial charge in [-0.05, 0) is 109 Å². The normalized spacial score (nSPS) is 14.9. The summed E-state index contributed by atoms with van der Waals surface area (Å²) in [4.78, 5) is 3.76. The standard InChI is InChI=1S/C28H24N2O2.C13H10S.C8H9N.C5H12.C5H8.C4H8.C2H6/c1-28(2)20-6-4-3-5-19(20)25-21(28)12-14-23-26(25)32-22-13-11-18(15-24(22)31-23)16-7-9-17(10-8-16)27(29)30;1-9-6-7-11-10-4-2-3-5-12(10)14-13(11)8-9;1-9-7-8-5-3-2-4-6-8;1-5(2,3)4;1-3-5-4-2;1-3-4-2;1-2/h3-15,19-20H,1-2H3,(H3,29,30);2-8H,1H3;2-6H,1,7H2;1-4H3;3-5H,1H2,2H3;3-4H,1-2H3;1-2H3/b;;;;5-4-;4-3-;. The Morgan fingerprint density at radius 1 is 0.718 bits per heavy atom. The molecule has 3 N–H and O–H groups in total. The number of aryl methyl sites for hydroxylation is 1. The van der Waals surface area contributed by atoms with Crippen molar-refractivity contribution in [3.05, 3.63) is 216 Å². The minimum atomic E-state index is 0.0375. The molecule has 5 nitrogen and oxygen atoms in total. The predicted octanol–water partition coefficient (Wildman–Crippen LogP) is 19.3. The van der Waals surface area contributed by atoms with E-state index in [1.807, 2.05) is 149 Å². The molecule has 7 aromatic rings. The van der Waals surface area contributed by atoms with Crippen molar-refractivity contribution in [1.82, 2.24) is 0 Å². The van der Waals surface area contributed by atoms with Crippen molar-refractivity contribution in [3.8, 4) is 34.1 Å². The number of fused-ring (bicyclic) bond motifs is 9. The number of amidine groups is 1. The highest BCUT2D eigenvalue weighted by Gasteiger charge is 2.47. The third-order valence-corrected chi connectivity index (χ3v) is 12.5. The lowest BCUT2D eigenvalue weighted by Crippen LogP contribution is -2.24. The number of rotatable bonds is 5. The predicted molar refractivity (Wildman–Crippen MR) is 313 cm³/mol. The molecule has 0 amide bonds. The molecule has 3 aliphatic rings. The maximum atomic E-state index is 7.57. The monoisotopic (exact) mass is 964 g/mol. The third kappa shape index (κ3) is 15.7. The highest BCUT2D eigenvalue weighted by atomic mass is 32.1. The van der Waals surface area contributed by atoms with Gasteiger partial charge in [0.2, 0.25) is 0 Å². The fourth-order valence-electron chi connectivity index (χ4n) is 8.01. The van der Waals surface area contributed by atoms with Crippen molar-refractivity contribution >= 4 is 44.1 Å². The van der Waals surface area contributed by atoms with Crippen LogP contribution >= 0.6 is 11.3 Å². The summed E-state index contributed by atoms with van der Waals surface area (Å²) in [5.74, 6) is 3.82. The first-order valence-electron chi connectivity index (χ1n) is 24.7. The molecule has 1 aromatic heterocycles. The van der Waals surface area contributed by atoms with Crippen LogP contribution in [0.25, 0.3) is 31.3 Å². The van der Waals surface area contributed by atoms with E-state index in [-0.39, 0.29) is 11.3 Å². The molecule has 6 aromatic carbocycles. The van der Waals surface area contributed by atoms with E-state index >= 15 is 0 Å². The smallest absolute Gasteiger partial charge is 0.174 e. The van der Waals surface area contributed by atoms with Gasteiger partial charge < -0.3 is 15.2 Å². The third-order valence-electron chi connectivity index (χ3n) is 11.4. The van der Waals surface area contributed by atoms with Crippen LogP contribution in [0.15, 0.2) is 194 Å². The molecule has 0 saturated carbocycles. The lowest BCUT2D eigenvalue weighted by Gasteiger charge is -2.29. The van der Waals surface area contributed by atoms with E-state index in [0.717, 1.165) is 34.9 Å². The van der Waals surface area contributed by atoms with Crippen LogP contribution in [0.4, 0.5) is 0 Å². The highest BCUT2D eigenvalue weighted by Crippen LogP contribution is 2.60. The number of thiophene rings is 1. The first-order valence-corrected chi connectivity index (χ1v) is 25.5. The zero-order chi connectivity index (χ0) is 52.1. The lowest BCUT2D eigenvalue weighted by molar-refractivity contribution is 0.354. The second-order valence-electron chi connectivity index (χ2n) is 19.1. The first kappa shape index (κ1) is 56.6. The Kier molecular flexibility index (Phi) is 21.8. The number of nitrogens with zero attached hydrogens (tertiary/aromatic N) is 1. The Balaban J connectivity index is 0.000000230. The largest absolute Gasteiger partial charge is 0.449 e. The quantitative estimate of drug-likeness (QED) is 0.0780. The van der Waals surface area contributed by atoms with E-state index in [1.54, 1.807) is 6.08 Å². The minimum absolute atomic E-state index is 0.0375. The second kappa shape index (κ2) is 27.4. The van der Waals surface area contributed by atoms with E-state index in [0.29, 0.717) is 28.6 Å². The minimum Gasteiger partial charge on any atom is -0.449 e. The average molecular weight is 964 g/mol. The van der Waals surface area contributed by atoms with Crippen LogP contribution in [0.5, 0.6) is 23.0 Å². The fourth-order valence-corrected chi connectivity index (χ4v) is 9.22. The average Bonchev–Trinajstić information content (AvgIpc) is 3.85. The molecule has 2 heterocycles. The van der Waals surface area contributed by atoms with Crippen LogP contribution in [0.3, 0.4) is 0 Å². The van der Waals surface area contributed by atoms with E-state index in [9.17, 15) is 0 Å². The van der Waals surface area contributed by atoms with Crippen molar-refractivity contribution in [3.63, 3.8) is 0 Å². The van der Waals surface area contributed by atoms with E-state index < -0.39 is 0 Å². The summed E-state index contributed by atoms with van der Waals surface area (Å²) < 4.78 is 15.6. The summed E-state index contributed by atoms with van der Waals surface area (Å²) in [5, 5.41) is 10.3. The molecule has 71 heavy (non-hydrogen) atoms. The van der Waals surface area contributed by atoms with Crippen molar-refractivity contribution < 1.29 is 9.47 Å². The number of allylic oxidation sites excluding steroid dienone is 9. The number of hydrogen-bond donors (Lipinski definition) is 2. The SMILES string of the molecule is C/C=C\C.C=C/C=C\C.C=NCc1ccccc1.CC.CC(C)(C)C.CC1(C)c2ccc3c(c2C2C=CC=CC21)Oc1ccc(-c2ccc(C(=N)N)cc2)cc1O3.Cc1ccc2c(c1)sc1ccccc12. The zero-order valence-electron chi connectivity index (χ0n) is 44.3. The van der Waals surface area contributed by atoms with E-state index in [2.05, 4.69) is 140 Å². The van der Waals surface area contributed by atoms with Gasteiger partial charge in [-0.25, -0.2) is 0 Å². The van der Waals surface area contributed by atoms with E-state index in [4.69, 9.17) is 20.6 Å². The topological polar surface area (TPSA) is 80.7 Å². The van der Waals surface area contributed by atoms with Gasteiger partial charge in [0.15, 0.2) is 23.0 Å². The van der Waals surface area contributed by atoms with Gasteiger partial charge >= 0.3 is 0 Å². The van der Waals surface area contributed by atoms with Gasteiger partial charge in [0.1, 0.15) is 5.84 Å². The molecular weight excluding hydrogens is 887 g/mol. The van der Waals surface area contributed by atoms with Gasteiger partial charge in [0, 0.05) is 37.2 Å². The van der Waals surface area contributed by atoms with Gasteiger partial charge in [-0.15, -0.1) is 11.3 Å². The van der Waals surface area contributed by atoms with Crippen molar-refractivity contribution in [2.24, 2.45) is 22.1 Å². The molecule has 0 bridgehead atoms. The maximum absolute atomic E-state index is 7.57. The Bertz CT molecular complexity index is 2930. The molecule has 2 atom stereocenters. The Morgan fingerprint density at radius 3 is 1.93 bits per heavy atom. The molecule has 370 valence electrons. The molecular formula is C65H77N3O2S. The maximum Gasteiger partial charge on any atom is 0.174 e. The Morgan fingerprint density at radius 2 is 1.32 bits per heavy atom. The summed E-state index contributed by atoms with van der Waals surface area (Å²) in [6.07, 6.45) is 18.5. The van der Waals surface area contributed by atoms with Gasteiger partial charge in [-0.1, -0.05) is 214 Å². The number of ether oxygens (including phenoxy) is 2. The first-order chi connectivity index (χ1) is 34.0. The Labute approximate surface area is 430 Å². The number of aliphatic imine (C=N–C) groups is 1. The number of nitrogens with one attached hydrogen (secondary N) is 1. The Hall–Kier alpha value is -7.02. The number of benzene rings is 6. The van der Waals surface area contributed by atoms with Crippen LogP contribution in [0, 0.1) is 23.7 Å².